The molecule has 1 atom stereocenters. The smallest absolute Gasteiger partial charge is 0.0826 e. The van der Waals surface area contributed by atoms with Crippen LogP contribution in [0.15, 0.2) is 24.3 Å². The first-order chi connectivity index (χ1) is 9.31. The monoisotopic (exact) mass is 264 g/mol. The lowest BCUT2D eigenvalue weighted by Crippen LogP contribution is -2.45. The van der Waals surface area contributed by atoms with Crippen molar-refractivity contribution in [3.63, 3.8) is 0 Å². The zero-order chi connectivity index (χ0) is 13.5. The van der Waals surface area contributed by atoms with Gasteiger partial charge < -0.3 is 14.8 Å². The van der Waals surface area contributed by atoms with Crippen LogP contribution in [0.3, 0.4) is 0 Å². The minimum absolute atomic E-state index is 0.306. The largest absolute Gasteiger partial charge is 0.380 e. The van der Waals surface area contributed by atoms with Crippen molar-refractivity contribution in [2.24, 2.45) is 0 Å². The van der Waals surface area contributed by atoms with Gasteiger partial charge in [0.2, 0.25) is 0 Å². The Morgan fingerprint density at radius 3 is 3.05 bits per heavy atom. The van der Waals surface area contributed by atoms with Crippen LogP contribution < -0.4 is 5.32 Å². The van der Waals surface area contributed by atoms with Crippen molar-refractivity contribution in [2.75, 3.05) is 40.4 Å². The van der Waals surface area contributed by atoms with Gasteiger partial charge in [-0.25, -0.2) is 0 Å². The molecule has 1 fully saturated rings. The molecule has 0 aromatic heterocycles. The number of nitrogens with one attached hydrogen (secondary N) is 1. The number of likely N-dealkylation sites (N-methyl/N-ethyl adjacent to an activating group) is 1. The van der Waals surface area contributed by atoms with Gasteiger partial charge in [0, 0.05) is 33.3 Å². The molecule has 1 saturated heterocycles. The first kappa shape index (κ1) is 14.5. The highest BCUT2D eigenvalue weighted by molar-refractivity contribution is 5.23. The number of benzene rings is 1. The molecule has 1 aromatic carbocycles. The molecule has 1 N–H and O–H groups in total. The maximum absolute atomic E-state index is 5.72. The summed E-state index contributed by atoms with van der Waals surface area (Å²) in [6.45, 7) is 5.41. The normalized spacial score (nSPS) is 20.6. The van der Waals surface area contributed by atoms with Gasteiger partial charge in [0.25, 0.3) is 0 Å². The van der Waals surface area contributed by atoms with Crippen LogP contribution in [0.25, 0.3) is 0 Å². The average Bonchev–Trinajstić information content (AvgIpc) is 2.40. The Bertz CT molecular complexity index is 382. The van der Waals surface area contributed by atoms with E-state index in [4.69, 9.17) is 9.47 Å². The van der Waals surface area contributed by atoms with Crippen LogP contribution >= 0.6 is 0 Å². The summed E-state index contributed by atoms with van der Waals surface area (Å²) >= 11 is 0. The number of hydrogen-bond donors (Lipinski definition) is 1. The van der Waals surface area contributed by atoms with E-state index in [0.29, 0.717) is 12.7 Å². The van der Waals surface area contributed by atoms with Gasteiger partial charge in [0.1, 0.15) is 0 Å². The lowest BCUT2D eigenvalue weighted by Gasteiger charge is -2.32. The number of morpholine rings is 1. The molecule has 0 bridgehead atoms. The molecule has 1 aliphatic heterocycles. The fourth-order valence-corrected chi connectivity index (χ4v) is 2.52. The second-order valence-corrected chi connectivity index (χ2v) is 5.04. The molecule has 4 heteroatoms. The molecule has 4 nitrogen and oxygen atoms in total. The number of nitrogens with zero attached hydrogens (tertiary/aromatic N) is 1. The third-order valence-corrected chi connectivity index (χ3v) is 3.36. The summed E-state index contributed by atoms with van der Waals surface area (Å²) in [6, 6.07) is 8.62. The van der Waals surface area contributed by atoms with Crippen molar-refractivity contribution < 1.29 is 9.47 Å². The average molecular weight is 264 g/mol. The number of hydrogen-bond acceptors (Lipinski definition) is 4. The van der Waals surface area contributed by atoms with E-state index in [2.05, 4.69) is 34.5 Å². The van der Waals surface area contributed by atoms with Crippen molar-refractivity contribution in [3.05, 3.63) is 35.4 Å². The van der Waals surface area contributed by atoms with Gasteiger partial charge in [-0.2, -0.15) is 0 Å². The summed E-state index contributed by atoms with van der Waals surface area (Å²) < 4.78 is 10.9. The standard InChI is InChI=1S/C15H24N2O2/c1-16-9-15-11-17(6-7-19-15)10-13-4-3-5-14(8-13)12-18-2/h3-5,8,15-16H,6-7,9-12H2,1-2H3. The fraction of sp³-hybridized carbons (Fsp3) is 0.600. The molecule has 1 unspecified atom stereocenters. The number of methoxy groups -OCH3 is 1. The van der Waals surface area contributed by atoms with E-state index in [-0.39, 0.29) is 0 Å². The summed E-state index contributed by atoms with van der Waals surface area (Å²) in [5.74, 6) is 0. The Hall–Kier alpha value is -0.940. The quantitative estimate of drug-likeness (QED) is 0.838. The van der Waals surface area contributed by atoms with Crippen LogP contribution in [0.4, 0.5) is 0 Å². The highest BCUT2D eigenvalue weighted by Gasteiger charge is 2.19. The Balaban J connectivity index is 1.90. The third-order valence-electron chi connectivity index (χ3n) is 3.36. The molecule has 1 heterocycles. The van der Waals surface area contributed by atoms with Gasteiger partial charge in [0.15, 0.2) is 0 Å². The molecule has 2 rings (SSSR count). The highest BCUT2D eigenvalue weighted by Crippen LogP contribution is 2.12. The predicted octanol–water partition coefficient (Wildman–Crippen LogP) is 1.25. The molecule has 106 valence electrons. The third kappa shape index (κ3) is 4.58. The van der Waals surface area contributed by atoms with E-state index in [0.717, 1.165) is 32.8 Å². The second-order valence-electron chi connectivity index (χ2n) is 5.04. The van der Waals surface area contributed by atoms with E-state index in [1.165, 1.54) is 11.1 Å². The maximum Gasteiger partial charge on any atom is 0.0826 e. The Labute approximate surface area is 115 Å². The van der Waals surface area contributed by atoms with Crippen LogP contribution in [0.5, 0.6) is 0 Å². The van der Waals surface area contributed by atoms with Crippen LogP contribution in [0.1, 0.15) is 11.1 Å². The van der Waals surface area contributed by atoms with Gasteiger partial charge in [0.05, 0.1) is 19.3 Å². The molecule has 0 radical (unpaired) electrons. The molecular formula is C15H24N2O2. The van der Waals surface area contributed by atoms with Gasteiger partial charge in [-0.1, -0.05) is 24.3 Å². The number of rotatable bonds is 6. The maximum atomic E-state index is 5.72. The lowest BCUT2D eigenvalue weighted by molar-refractivity contribution is -0.0291. The van der Waals surface area contributed by atoms with Crippen LogP contribution in [-0.2, 0) is 22.6 Å². The van der Waals surface area contributed by atoms with E-state index < -0.39 is 0 Å². The zero-order valence-corrected chi connectivity index (χ0v) is 11.9. The first-order valence-electron chi connectivity index (χ1n) is 6.87. The highest BCUT2D eigenvalue weighted by atomic mass is 16.5. The molecule has 0 aliphatic carbocycles. The number of ether oxygens (including phenoxy) is 2. The Morgan fingerprint density at radius 2 is 2.26 bits per heavy atom. The van der Waals surface area contributed by atoms with Gasteiger partial charge in [-0.15, -0.1) is 0 Å². The van der Waals surface area contributed by atoms with Crippen LogP contribution in [0.2, 0.25) is 0 Å². The van der Waals surface area contributed by atoms with Crippen LogP contribution in [0, 0.1) is 0 Å². The van der Waals surface area contributed by atoms with Gasteiger partial charge >= 0.3 is 0 Å². The SMILES string of the molecule is CNCC1CN(Cc2cccc(COC)c2)CCO1. The van der Waals surface area contributed by atoms with Crippen molar-refractivity contribution >= 4 is 0 Å². The second kappa shape index (κ2) is 7.60. The van der Waals surface area contributed by atoms with E-state index in [1.54, 1.807) is 7.11 Å². The minimum Gasteiger partial charge on any atom is -0.380 e. The van der Waals surface area contributed by atoms with E-state index in [1.807, 2.05) is 7.05 Å². The predicted molar refractivity (Wildman–Crippen MR) is 76.1 cm³/mol. The molecule has 0 saturated carbocycles. The molecule has 19 heavy (non-hydrogen) atoms. The fourth-order valence-electron chi connectivity index (χ4n) is 2.52. The summed E-state index contributed by atoms with van der Waals surface area (Å²) in [6.07, 6.45) is 0.306. The summed E-state index contributed by atoms with van der Waals surface area (Å²) in [5, 5.41) is 3.18. The van der Waals surface area contributed by atoms with Gasteiger partial charge in [-0.05, 0) is 18.2 Å². The van der Waals surface area contributed by atoms with Crippen molar-refractivity contribution in [1.82, 2.24) is 10.2 Å². The first-order valence-corrected chi connectivity index (χ1v) is 6.87. The van der Waals surface area contributed by atoms with Crippen molar-refractivity contribution in [3.8, 4) is 0 Å². The Morgan fingerprint density at radius 1 is 1.42 bits per heavy atom. The van der Waals surface area contributed by atoms with E-state index in [9.17, 15) is 0 Å². The lowest BCUT2D eigenvalue weighted by atomic mass is 10.1. The molecular weight excluding hydrogens is 240 g/mol. The molecule has 1 aromatic rings. The van der Waals surface area contributed by atoms with Crippen molar-refractivity contribution in [2.45, 2.75) is 19.3 Å². The van der Waals surface area contributed by atoms with E-state index >= 15 is 0 Å². The van der Waals surface area contributed by atoms with Crippen LogP contribution in [-0.4, -0.2) is 51.4 Å². The topological polar surface area (TPSA) is 33.7 Å². The molecule has 1 aliphatic rings. The van der Waals surface area contributed by atoms with Gasteiger partial charge in [-0.3, -0.25) is 4.90 Å². The Kier molecular flexibility index (Phi) is 5.79. The summed E-state index contributed by atoms with van der Waals surface area (Å²) in [7, 11) is 3.70. The molecule has 0 amide bonds. The summed E-state index contributed by atoms with van der Waals surface area (Å²) in [4.78, 5) is 2.46. The van der Waals surface area contributed by atoms with Crippen molar-refractivity contribution in [1.29, 1.82) is 0 Å². The molecule has 0 spiro atoms. The summed E-state index contributed by atoms with van der Waals surface area (Å²) in [5.41, 5.74) is 2.58. The zero-order valence-electron chi connectivity index (χ0n) is 11.9. The minimum atomic E-state index is 0.306.